The van der Waals surface area contributed by atoms with Gasteiger partial charge in [0.25, 0.3) is 0 Å². The van der Waals surface area contributed by atoms with E-state index in [9.17, 15) is 13.2 Å². The molecular formula is C14H18F3NO2. The Labute approximate surface area is 116 Å². The second-order valence-electron chi connectivity index (χ2n) is 4.77. The van der Waals surface area contributed by atoms with E-state index in [0.29, 0.717) is 13.2 Å². The second kappa shape index (κ2) is 6.35. The van der Waals surface area contributed by atoms with E-state index in [4.69, 9.17) is 9.47 Å². The molecule has 1 aromatic rings. The number of ether oxygens (including phenoxy) is 2. The molecule has 0 fully saturated rings. The van der Waals surface area contributed by atoms with Gasteiger partial charge in [-0.2, -0.15) is 13.2 Å². The van der Waals surface area contributed by atoms with Crippen LogP contribution in [0.1, 0.15) is 30.9 Å². The van der Waals surface area contributed by atoms with Gasteiger partial charge in [0.05, 0.1) is 13.7 Å². The molecule has 2 rings (SSSR count). The Balaban J connectivity index is 1.94. The molecular weight excluding hydrogens is 271 g/mol. The van der Waals surface area contributed by atoms with Gasteiger partial charge in [-0.15, -0.1) is 0 Å². The Bertz CT molecular complexity index is 449. The fraction of sp³-hybridized carbons (Fsp3) is 0.571. The van der Waals surface area contributed by atoms with Crippen molar-refractivity contribution in [2.45, 2.75) is 31.5 Å². The van der Waals surface area contributed by atoms with Crippen molar-refractivity contribution in [2.24, 2.45) is 0 Å². The normalized spacial score (nSPS) is 18.3. The highest BCUT2D eigenvalue weighted by atomic mass is 19.4. The SMILES string of the molecule is COc1ccc2c(c1)C(NCCCC(F)(F)F)CCO2. The third kappa shape index (κ3) is 4.03. The maximum absolute atomic E-state index is 12.1. The van der Waals surface area contributed by atoms with Crippen LogP contribution in [0.25, 0.3) is 0 Å². The van der Waals surface area contributed by atoms with Crippen LogP contribution in [-0.2, 0) is 0 Å². The minimum absolute atomic E-state index is 0.0158. The number of hydrogen-bond donors (Lipinski definition) is 1. The highest BCUT2D eigenvalue weighted by Gasteiger charge is 2.27. The predicted octanol–water partition coefficient (Wildman–Crippen LogP) is 3.45. The smallest absolute Gasteiger partial charge is 0.389 e. The zero-order valence-electron chi connectivity index (χ0n) is 11.3. The summed E-state index contributed by atoms with van der Waals surface area (Å²) in [7, 11) is 1.58. The van der Waals surface area contributed by atoms with E-state index in [-0.39, 0.29) is 12.5 Å². The van der Waals surface area contributed by atoms with Gasteiger partial charge in [0.15, 0.2) is 0 Å². The van der Waals surface area contributed by atoms with Crippen LogP contribution < -0.4 is 14.8 Å². The molecule has 6 heteroatoms. The van der Waals surface area contributed by atoms with Gasteiger partial charge < -0.3 is 14.8 Å². The Kier molecular flexibility index (Phi) is 4.75. The number of rotatable bonds is 5. The fourth-order valence-electron chi connectivity index (χ4n) is 2.28. The van der Waals surface area contributed by atoms with E-state index in [0.717, 1.165) is 23.5 Å². The molecule has 0 radical (unpaired) electrons. The highest BCUT2D eigenvalue weighted by Crippen LogP contribution is 2.34. The number of fused-ring (bicyclic) bond motifs is 1. The molecule has 1 aromatic carbocycles. The van der Waals surface area contributed by atoms with Gasteiger partial charge in [-0.05, 0) is 31.2 Å². The number of alkyl halides is 3. The molecule has 0 aromatic heterocycles. The predicted molar refractivity (Wildman–Crippen MR) is 69.1 cm³/mol. The number of nitrogens with one attached hydrogen (secondary N) is 1. The van der Waals surface area contributed by atoms with Crippen molar-refractivity contribution >= 4 is 0 Å². The minimum atomic E-state index is -4.08. The van der Waals surface area contributed by atoms with Crippen LogP contribution in [0.5, 0.6) is 11.5 Å². The van der Waals surface area contributed by atoms with E-state index in [2.05, 4.69) is 5.32 Å². The van der Waals surface area contributed by atoms with E-state index >= 15 is 0 Å². The summed E-state index contributed by atoms with van der Waals surface area (Å²) >= 11 is 0. The summed E-state index contributed by atoms with van der Waals surface area (Å²) in [4.78, 5) is 0. The molecule has 0 saturated carbocycles. The van der Waals surface area contributed by atoms with Crippen LogP contribution in [0.2, 0.25) is 0 Å². The van der Waals surface area contributed by atoms with Crippen molar-refractivity contribution in [2.75, 3.05) is 20.3 Å². The lowest BCUT2D eigenvalue weighted by Gasteiger charge is -2.27. The molecule has 3 nitrogen and oxygen atoms in total. The van der Waals surface area contributed by atoms with Crippen molar-refractivity contribution in [3.63, 3.8) is 0 Å². The lowest BCUT2D eigenvalue weighted by atomic mass is 10.00. The first-order chi connectivity index (χ1) is 9.49. The number of benzene rings is 1. The molecule has 0 bridgehead atoms. The maximum atomic E-state index is 12.1. The van der Waals surface area contributed by atoms with E-state index in [1.165, 1.54) is 0 Å². The first-order valence-electron chi connectivity index (χ1n) is 6.60. The summed E-state index contributed by atoms with van der Waals surface area (Å²) in [6, 6.07) is 5.53. The maximum Gasteiger partial charge on any atom is 0.389 e. The first kappa shape index (κ1) is 15.0. The average Bonchev–Trinajstić information content (AvgIpc) is 2.42. The van der Waals surface area contributed by atoms with Crippen molar-refractivity contribution < 1.29 is 22.6 Å². The summed E-state index contributed by atoms with van der Waals surface area (Å²) in [6.45, 7) is 0.900. The Morgan fingerprint density at radius 2 is 2.20 bits per heavy atom. The molecule has 0 saturated heterocycles. The van der Waals surface area contributed by atoms with Crippen molar-refractivity contribution in [3.8, 4) is 11.5 Å². The molecule has 1 aliphatic rings. The van der Waals surface area contributed by atoms with Crippen LogP contribution in [-0.4, -0.2) is 26.4 Å². The quantitative estimate of drug-likeness (QED) is 0.842. The highest BCUT2D eigenvalue weighted by molar-refractivity contribution is 5.43. The zero-order chi connectivity index (χ0) is 14.6. The van der Waals surface area contributed by atoms with E-state index in [1.807, 2.05) is 18.2 Å². The van der Waals surface area contributed by atoms with Gasteiger partial charge in [-0.25, -0.2) is 0 Å². The third-order valence-electron chi connectivity index (χ3n) is 3.28. The van der Waals surface area contributed by atoms with Gasteiger partial charge in [-0.3, -0.25) is 0 Å². The molecule has 0 spiro atoms. The van der Waals surface area contributed by atoms with Crippen LogP contribution >= 0.6 is 0 Å². The van der Waals surface area contributed by atoms with Crippen LogP contribution in [0.15, 0.2) is 18.2 Å². The minimum Gasteiger partial charge on any atom is -0.497 e. The third-order valence-corrected chi connectivity index (χ3v) is 3.28. The standard InChI is InChI=1S/C14H18F3NO2/c1-19-10-3-4-13-11(9-10)12(5-8-20-13)18-7-2-6-14(15,16)17/h3-4,9,12,18H,2,5-8H2,1H3. The molecule has 20 heavy (non-hydrogen) atoms. The average molecular weight is 289 g/mol. The van der Waals surface area contributed by atoms with E-state index < -0.39 is 12.6 Å². The van der Waals surface area contributed by atoms with Crippen LogP contribution in [0.3, 0.4) is 0 Å². The van der Waals surface area contributed by atoms with Gasteiger partial charge in [0.2, 0.25) is 0 Å². The molecule has 0 aliphatic carbocycles. The number of hydrogen-bond acceptors (Lipinski definition) is 3. The zero-order valence-corrected chi connectivity index (χ0v) is 11.3. The van der Waals surface area contributed by atoms with Crippen LogP contribution in [0, 0.1) is 0 Å². The molecule has 1 aliphatic heterocycles. The van der Waals surface area contributed by atoms with Crippen molar-refractivity contribution in [1.82, 2.24) is 5.32 Å². The summed E-state index contributed by atoms with van der Waals surface area (Å²) < 4.78 is 47.0. The molecule has 112 valence electrons. The molecule has 1 N–H and O–H groups in total. The fourth-order valence-corrected chi connectivity index (χ4v) is 2.28. The van der Waals surface area contributed by atoms with E-state index in [1.54, 1.807) is 7.11 Å². The number of halogens is 3. The van der Waals surface area contributed by atoms with Gasteiger partial charge in [0, 0.05) is 24.4 Å². The molecule has 1 unspecified atom stereocenters. The second-order valence-corrected chi connectivity index (χ2v) is 4.77. The monoisotopic (exact) mass is 289 g/mol. The Morgan fingerprint density at radius 1 is 1.40 bits per heavy atom. The topological polar surface area (TPSA) is 30.5 Å². The van der Waals surface area contributed by atoms with Crippen molar-refractivity contribution in [3.05, 3.63) is 23.8 Å². The molecule has 1 heterocycles. The number of methoxy groups -OCH3 is 1. The van der Waals surface area contributed by atoms with Crippen molar-refractivity contribution in [1.29, 1.82) is 0 Å². The van der Waals surface area contributed by atoms with Gasteiger partial charge in [0.1, 0.15) is 11.5 Å². The van der Waals surface area contributed by atoms with Gasteiger partial charge >= 0.3 is 6.18 Å². The lowest BCUT2D eigenvalue weighted by molar-refractivity contribution is -0.135. The summed E-state index contributed by atoms with van der Waals surface area (Å²) in [5.74, 6) is 1.49. The van der Waals surface area contributed by atoms with Crippen LogP contribution in [0.4, 0.5) is 13.2 Å². The molecule has 0 amide bonds. The Hall–Kier alpha value is -1.43. The largest absolute Gasteiger partial charge is 0.497 e. The molecule has 1 atom stereocenters. The summed E-state index contributed by atoms with van der Waals surface area (Å²) in [5.41, 5.74) is 0.947. The van der Waals surface area contributed by atoms with Gasteiger partial charge in [-0.1, -0.05) is 0 Å². The first-order valence-corrected chi connectivity index (χ1v) is 6.60. The lowest BCUT2D eigenvalue weighted by Crippen LogP contribution is -2.28. The summed E-state index contributed by atoms with van der Waals surface area (Å²) in [6.07, 6.45) is -4.01. The Morgan fingerprint density at radius 3 is 2.90 bits per heavy atom. The summed E-state index contributed by atoms with van der Waals surface area (Å²) in [5, 5.41) is 3.17.